The highest BCUT2D eigenvalue weighted by Crippen LogP contribution is 2.35. The predicted molar refractivity (Wildman–Crippen MR) is 166 cm³/mol. The first-order chi connectivity index (χ1) is 20.5. The molecule has 0 amide bonds. The summed E-state index contributed by atoms with van der Waals surface area (Å²) in [6.07, 6.45) is 14.8. The van der Waals surface area contributed by atoms with Crippen LogP contribution in [0, 0.1) is 0 Å². The Morgan fingerprint density at radius 3 is 1.93 bits per heavy atom. The van der Waals surface area contributed by atoms with Gasteiger partial charge in [0, 0.05) is 0 Å². The van der Waals surface area contributed by atoms with Crippen molar-refractivity contribution in [2.24, 2.45) is 0 Å². The minimum atomic E-state index is -1.52. The van der Waals surface area contributed by atoms with Crippen LogP contribution in [-0.4, -0.2) is 30.8 Å². The van der Waals surface area contributed by atoms with Crippen LogP contribution in [-0.2, 0) is 9.53 Å². The molecule has 0 bridgehead atoms. The van der Waals surface area contributed by atoms with Gasteiger partial charge in [0.15, 0.2) is 6.17 Å². The van der Waals surface area contributed by atoms with E-state index in [1.807, 2.05) is 43.3 Å². The molecule has 1 fully saturated rings. The van der Waals surface area contributed by atoms with Crippen molar-refractivity contribution in [3.05, 3.63) is 59.7 Å². The van der Waals surface area contributed by atoms with Crippen molar-refractivity contribution in [2.75, 3.05) is 6.61 Å². The van der Waals surface area contributed by atoms with E-state index >= 15 is 0 Å². The van der Waals surface area contributed by atoms with Crippen LogP contribution in [0.3, 0.4) is 0 Å². The summed E-state index contributed by atoms with van der Waals surface area (Å²) in [6.45, 7) is 4.91. The van der Waals surface area contributed by atoms with Gasteiger partial charge in [0.2, 0.25) is 0 Å². The predicted octanol–water partition coefficient (Wildman–Crippen LogP) is 9.91. The summed E-state index contributed by atoms with van der Waals surface area (Å²) in [5, 5.41) is 0. The molecule has 5 nitrogen and oxygen atoms in total. The molecule has 0 saturated heterocycles. The summed E-state index contributed by atoms with van der Waals surface area (Å²) >= 11 is 0. The maximum atomic E-state index is 13.9. The van der Waals surface area contributed by atoms with E-state index in [9.17, 15) is 14.0 Å². The third-order valence-corrected chi connectivity index (χ3v) is 8.19. The average molecular weight is 583 g/mol. The maximum absolute atomic E-state index is 13.9. The molecule has 2 aromatic carbocycles. The molecule has 3 rings (SSSR count). The molecular formula is C36H51FO5. The lowest BCUT2D eigenvalue weighted by Crippen LogP contribution is -2.28. The van der Waals surface area contributed by atoms with Gasteiger partial charge in [-0.1, -0.05) is 90.2 Å². The summed E-state index contributed by atoms with van der Waals surface area (Å²) in [4.78, 5) is 24.6. The number of unbranched alkanes of at least 4 members (excludes halogenated alkanes) is 9. The van der Waals surface area contributed by atoms with E-state index in [1.165, 1.54) is 56.9 Å². The molecule has 0 radical (unpaired) electrons. The molecule has 1 saturated carbocycles. The van der Waals surface area contributed by atoms with Crippen LogP contribution in [0.15, 0.2) is 48.5 Å². The minimum Gasteiger partial charge on any atom is -0.494 e. The molecule has 0 spiro atoms. The SMILES string of the molecule is CCCCCCCCCCCOc1ccc(C(=O)Oc2ccc(C3CCC(OC(=O)[C@@H](F)CCCC)CC3)cc2)cc1. The summed E-state index contributed by atoms with van der Waals surface area (Å²) < 4.78 is 30.8. The molecule has 0 N–H and O–H groups in total. The Balaban J connectivity index is 1.33. The molecule has 2 aromatic rings. The summed E-state index contributed by atoms with van der Waals surface area (Å²) in [5.41, 5.74) is 1.65. The first-order valence-electron chi connectivity index (χ1n) is 16.4. The van der Waals surface area contributed by atoms with Gasteiger partial charge < -0.3 is 14.2 Å². The number of halogens is 1. The third-order valence-electron chi connectivity index (χ3n) is 8.19. The van der Waals surface area contributed by atoms with Gasteiger partial charge in [0.25, 0.3) is 0 Å². The number of carbonyl (C=O) groups excluding carboxylic acids is 2. The van der Waals surface area contributed by atoms with Gasteiger partial charge in [-0.25, -0.2) is 14.0 Å². The van der Waals surface area contributed by atoms with E-state index in [-0.39, 0.29) is 12.5 Å². The highest BCUT2D eigenvalue weighted by Gasteiger charge is 2.28. The van der Waals surface area contributed by atoms with Crippen LogP contribution < -0.4 is 9.47 Å². The van der Waals surface area contributed by atoms with E-state index in [2.05, 4.69) is 6.92 Å². The lowest BCUT2D eigenvalue weighted by atomic mass is 9.83. The smallest absolute Gasteiger partial charge is 0.343 e. The molecular weight excluding hydrogens is 531 g/mol. The van der Waals surface area contributed by atoms with Crippen molar-refractivity contribution >= 4 is 11.9 Å². The molecule has 42 heavy (non-hydrogen) atoms. The average Bonchev–Trinajstić information content (AvgIpc) is 3.01. The van der Waals surface area contributed by atoms with Gasteiger partial charge in [-0.3, -0.25) is 0 Å². The zero-order valence-electron chi connectivity index (χ0n) is 25.8. The fourth-order valence-electron chi connectivity index (χ4n) is 5.52. The molecule has 1 aliphatic rings. The molecule has 0 aromatic heterocycles. The van der Waals surface area contributed by atoms with Crippen LogP contribution in [0.4, 0.5) is 4.39 Å². The molecule has 6 heteroatoms. The number of alkyl halides is 1. The number of esters is 2. The lowest BCUT2D eigenvalue weighted by Gasteiger charge is -2.29. The Morgan fingerprint density at radius 2 is 1.31 bits per heavy atom. The van der Waals surface area contributed by atoms with Gasteiger partial charge in [0.1, 0.15) is 17.6 Å². The number of hydrogen-bond donors (Lipinski definition) is 0. The molecule has 1 aliphatic carbocycles. The van der Waals surface area contributed by atoms with Crippen molar-refractivity contribution in [1.82, 2.24) is 0 Å². The topological polar surface area (TPSA) is 61.8 Å². The summed E-state index contributed by atoms with van der Waals surface area (Å²) in [5.74, 6) is 0.489. The highest BCUT2D eigenvalue weighted by atomic mass is 19.1. The second-order valence-electron chi connectivity index (χ2n) is 11.7. The standard InChI is InChI=1S/C36H51FO5/c1-3-5-7-8-9-10-11-12-13-27-40-31-21-19-30(20-22-31)35(38)41-32-23-15-28(16-24-32)29-17-25-33(26-18-29)42-36(39)34(37)14-6-4-2/h15-16,19-24,29,33-34H,3-14,17-18,25-27H2,1-2H3/t29?,33?,34-/m0/s1. The monoisotopic (exact) mass is 582 g/mol. The Hall–Kier alpha value is -2.89. The molecule has 232 valence electrons. The first-order valence-corrected chi connectivity index (χ1v) is 16.4. The van der Waals surface area contributed by atoms with Crippen molar-refractivity contribution < 1.29 is 28.2 Å². The second-order valence-corrected chi connectivity index (χ2v) is 11.7. The third kappa shape index (κ3) is 12.1. The summed E-state index contributed by atoms with van der Waals surface area (Å²) in [7, 11) is 0. The van der Waals surface area contributed by atoms with Gasteiger partial charge in [0.05, 0.1) is 12.2 Å². The van der Waals surface area contributed by atoms with E-state index < -0.39 is 18.1 Å². The number of hydrogen-bond acceptors (Lipinski definition) is 5. The molecule has 1 atom stereocenters. The Morgan fingerprint density at radius 1 is 0.738 bits per heavy atom. The van der Waals surface area contributed by atoms with Gasteiger partial charge >= 0.3 is 11.9 Å². The van der Waals surface area contributed by atoms with Crippen molar-refractivity contribution in [3.8, 4) is 11.5 Å². The Labute approximate surface area is 252 Å². The van der Waals surface area contributed by atoms with Gasteiger partial charge in [-0.15, -0.1) is 0 Å². The molecule has 0 heterocycles. The lowest BCUT2D eigenvalue weighted by molar-refractivity contribution is -0.157. The van der Waals surface area contributed by atoms with Gasteiger partial charge in [-0.2, -0.15) is 0 Å². The maximum Gasteiger partial charge on any atom is 0.343 e. The van der Waals surface area contributed by atoms with E-state index in [4.69, 9.17) is 14.2 Å². The van der Waals surface area contributed by atoms with E-state index in [1.54, 1.807) is 12.1 Å². The molecule has 0 aliphatic heterocycles. The number of carbonyl (C=O) groups is 2. The number of benzene rings is 2. The largest absolute Gasteiger partial charge is 0.494 e. The first kappa shape index (κ1) is 33.6. The highest BCUT2D eigenvalue weighted by molar-refractivity contribution is 5.91. The quantitative estimate of drug-likeness (QED) is 0.0937. The fourth-order valence-corrected chi connectivity index (χ4v) is 5.52. The van der Waals surface area contributed by atoms with Crippen LogP contribution in [0.2, 0.25) is 0 Å². The molecule has 0 unspecified atom stereocenters. The Kier molecular flexibility index (Phi) is 15.5. The van der Waals surface area contributed by atoms with Crippen LogP contribution in [0.25, 0.3) is 0 Å². The van der Waals surface area contributed by atoms with Crippen molar-refractivity contribution in [2.45, 2.75) is 135 Å². The van der Waals surface area contributed by atoms with E-state index in [0.717, 1.165) is 44.3 Å². The second kappa shape index (κ2) is 19.3. The van der Waals surface area contributed by atoms with E-state index in [0.29, 0.717) is 30.3 Å². The van der Waals surface area contributed by atoms with Gasteiger partial charge in [-0.05, 0) is 86.4 Å². The number of ether oxygens (including phenoxy) is 3. The zero-order valence-corrected chi connectivity index (χ0v) is 25.8. The minimum absolute atomic E-state index is 0.208. The Bertz CT molecular complexity index is 1030. The fraction of sp³-hybridized carbons (Fsp3) is 0.611. The van der Waals surface area contributed by atoms with Crippen LogP contribution in [0.5, 0.6) is 11.5 Å². The van der Waals surface area contributed by atoms with Crippen molar-refractivity contribution in [1.29, 1.82) is 0 Å². The van der Waals surface area contributed by atoms with Crippen molar-refractivity contribution in [3.63, 3.8) is 0 Å². The normalized spacial score (nSPS) is 17.4. The van der Waals surface area contributed by atoms with Crippen LogP contribution in [0.1, 0.15) is 138 Å². The number of rotatable bonds is 19. The zero-order chi connectivity index (χ0) is 30.0. The summed E-state index contributed by atoms with van der Waals surface area (Å²) in [6, 6.07) is 14.7. The van der Waals surface area contributed by atoms with Crippen LogP contribution >= 0.6 is 0 Å².